The Hall–Kier alpha value is -1.52. The second-order valence-corrected chi connectivity index (χ2v) is 5.04. The molecule has 3 N–H and O–H groups in total. The maximum absolute atomic E-state index is 5.69. The average Bonchev–Trinajstić information content (AvgIpc) is 2.51. The van der Waals surface area contributed by atoms with Gasteiger partial charge in [-0.15, -0.1) is 0 Å². The fraction of sp³-hybridized carbons (Fsp3) is 0.500. The monoisotopic (exact) mass is 276 g/mol. The third-order valence-electron chi connectivity index (χ3n) is 3.48. The molecule has 0 aromatic heterocycles. The van der Waals surface area contributed by atoms with Gasteiger partial charge in [0.15, 0.2) is 0 Å². The Morgan fingerprint density at radius 1 is 1.35 bits per heavy atom. The molecule has 2 rings (SSSR count). The predicted molar refractivity (Wildman–Crippen MR) is 80.2 cm³/mol. The first kappa shape index (κ1) is 14.9. The molecule has 0 aliphatic carbocycles. The van der Waals surface area contributed by atoms with E-state index in [9.17, 15) is 0 Å². The fourth-order valence-corrected chi connectivity index (χ4v) is 2.31. The van der Waals surface area contributed by atoms with Gasteiger partial charge in [-0.3, -0.25) is 5.84 Å². The van der Waals surface area contributed by atoms with Crippen LogP contribution in [0.3, 0.4) is 0 Å². The van der Waals surface area contributed by atoms with E-state index in [1.54, 1.807) is 0 Å². The zero-order valence-electron chi connectivity index (χ0n) is 12.1. The van der Waals surface area contributed by atoms with Crippen molar-refractivity contribution in [2.24, 2.45) is 5.84 Å². The van der Waals surface area contributed by atoms with Crippen molar-refractivity contribution in [3.8, 4) is 5.75 Å². The molecule has 1 aromatic rings. The van der Waals surface area contributed by atoms with E-state index in [1.807, 2.05) is 18.4 Å². The Bertz CT molecular complexity index is 429. The normalized spacial score (nSPS) is 16.2. The first-order valence-electron chi connectivity index (χ1n) is 7.34. The molecular weight excluding hydrogens is 252 g/mol. The average molecular weight is 276 g/mol. The summed E-state index contributed by atoms with van der Waals surface area (Å²) in [6, 6.07) is 8.13. The maximum atomic E-state index is 5.69. The summed E-state index contributed by atoms with van der Waals surface area (Å²) >= 11 is 0. The summed E-state index contributed by atoms with van der Waals surface area (Å²) in [6.07, 6.45) is 6.12. The van der Waals surface area contributed by atoms with Crippen molar-refractivity contribution in [3.63, 3.8) is 0 Å². The predicted octanol–water partition coefficient (Wildman–Crippen LogP) is 3.06. The van der Waals surface area contributed by atoms with E-state index in [0.717, 1.165) is 50.2 Å². The van der Waals surface area contributed by atoms with Crippen LogP contribution in [0.15, 0.2) is 36.1 Å². The molecule has 1 unspecified atom stereocenters. The van der Waals surface area contributed by atoms with E-state index in [4.69, 9.17) is 15.3 Å². The molecule has 4 nitrogen and oxygen atoms in total. The minimum Gasteiger partial charge on any atom is -0.501 e. The van der Waals surface area contributed by atoms with Gasteiger partial charge in [0.25, 0.3) is 0 Å². The topological polar surface area (TPSA) is 56.5 Å². The van der Waals surface area contributed by atoms with E-state index in [0.29, 0.717) is 0 Å². The van der Waals surface area contributed by atoms with E-state index in [-0.39, 0.29) is 6.04 Å². The van der Waals surface area contributed by atoms with Crippen LogP contribution in [0.1, 0.15) is 44.2 Å². The van der Waals surface area contributed by atoms with Crippen molar-refractivity contribution < 1.29 is 9.47 Å². The van der Waals surface area contributed by atoms with Gasteiger partial charge in [0.05, 0.1) is 25.5 Å². The molecule has 1 aromatic carbocycles. The van der Waals surface area contributed by atoms with Crippen LogP contribution in [-0.4, -0.2) is 13.2 Å². The molecule has 1 aliphatic heterocycles. The van der Waals surface area contributed by atoms with Gasteiger partial charge in [-0.25, -0.2) is 5.43 Å². The first-order valence-corrected chi connectivity index (χ1v) is 7.34. The Kier molecular flexibility index (Phi) is 5.89. The Morgan fingerprint density at radius 2 is 2.15 bits per heavy atom. The molecule has 0 amide bonds. The smallest absolute Gasteiger partial charge is 0.119 e. The molecule has 0 radical (unpaired) electrons. The minimum atomic E-state index is 0.0139. The number of nitrogens with one attached hydrogen (secondary N) is 1. The van der Waals surface area contributed by atoms with Crippen LogP contribution in [0.4, 0.5) is 0 Å². The lowest BCUT2D eigenvalue weighted by molar-refractivity contribution is 0.219. The highest BCUT2D eigenvalue weighted by Gasteiger charge is 2.17. The molecule has 0 bridgehead atoms. The van der Waals surface area contributed by atoms with Crippen molar-refractivity contribution in [1.82, 2.24) is 5.43 Å². The van der Waals surface area contributed by atoms with E-state index in [1.165, 1.54) is 5.57 Å². The number of hydrazine groups is 1. The summed E-state index contributed by atoms with van der Waals surface area (Å²) in [5, 5.41) is 0. The van der Waals surface area contributed by atoms with Gasteiger partial charge in [0.1, 0.15) is 5.75 Å². The van der Waals surface area contributed by atoms with Gasteiger partial charge in [0.2, 0.25) is 0 Å². The van der Waals surface area contributed by atoms with Gasteiger partial charge >= 0.3 is 0 Å². The third-order valence-corrected chi connectivity index (χ3v) is 3.48. The summed E-state index contributed by atoms with van der Waals surface area (Å²) in [6.45, 7) is 3.72. The van der Waals surface area contributed by atoms with E-state index < -0.39 is 0 Å². The van der Waals surface area contributed by atoms with Gasteiger partial charge in [-0.2, -0.15) is 0 Å². The molecule has 20 heavy (non-hydrogen) atoms. The molecular formula is C16H24N2O2. The summed E-state index contributed by atoms with van der Waals surface area (Å²) in [7, 11) is 0. The van der Waals surface area contributed by atoms with Crippen LogP contribution in [0.2, 0.25) is 0 Å². The van der Waals surface area contributed by atoms with Crippen molar-refractivity contribution >= 4 is 0 Å². The molecule has 1 aliphatic rings. The van der Waals surface area contributed by atoms with E-state index in [2.05, 4.69) is 24.5 Å². The summed E-state index contributed by atoms with van der Waals surface area (Å²) in [4.78, 5) is 0. The number of rotatable bonds is 7. The SMILES string of the molecule is CCCCOc1ccc(C(NN)C2=COCCC2)cc1. The molecule has 4 heteroatoms. The lowest BCUT2D eigenvalue weighted by Crippen LogP contribution is -2.30. The van der Waals surface area contributed by atoms with Crippen LogP contribution in [0.25, 0.3) is 0 Å². The third kappa shape index (κ3) is 3.99. The Labute approximate surface area is 120 Å². The summed E-state index contributed by atoms with van der Waals surface area (Å²) in [5.41, 5.74) is 5.20. The highest BCUT2D eigenvalue weighted by Crippen LogP contribution is 2.28. The molecule has 110 valence electrons. The number of ether oxygens (including phenoxy) is 2. The lowest BCUT2D eigenvalue weighted by atomic mass is 9.96. The Morgan fingerprint density at radius 3 is 2.75 bits per heavy atom. The summed E-state index contributed by atoms with van der Waals surface area (Å²) < 4.78 is 11.1. The van der Waals surface area contributed by atoms with E-state index >= 15 is 0 Å². The summed E-state index contributed by atoms with van der Waals surface area (Å²) in [5.74, 6) is 6.60. The standard InChI is InChI=1S/C16H24N2O2/c1-2-3-11-20-15-8-6-13(7-9-15)16(18-17)14-5-4-10-19-12-14/h6-9,12,16,18H,2-5,10-11,17H2,1H3. The first-order chi connectivity index (χ1) is 9.85. The molecule has 0 fully saturated rings. The highest BCUT2D eigenvalue weighted by atomic mass is 16.5. The van der Waals surface area contributed by atoms with Crippen LogP contribution < -0.4 is 16.0 Å². The number of hydrogen-bond donors (Lipinski definition) is 2. The van der Waals surface area contributed by atoms with Crippen molar-refractivity contribution in [3.05, 3.63) is 41.7 Å². The maximum Gasteiger partial charge on any atom is 0.119 e. The van der Waals surface area contributed by atoms with Crippen molar-refractivity contribution in [2.75, 3.05) is 13.2 Å². The zero-order valence-corrected chi connectivity index (χ0v) is 12.1. The molecule has 1 atom stereocenters. The second-order valence-electron chi connectivity index (χ2n) is 5.04. The van der Waals surface area contributed by atoms with Crippen molar-refractivity contribution in [2.45, 2.75) is 38.6 Å². The van der Waals surface area contributed by atoms with Gasteiger partial charge < -0.3 is 9.47 Å². The van der Waals surface area contributed by atoms with Crippen LogP contribution >= 0.6 is 0 Å². The quantitative estimate of drug-likeness (QED) is 0.456. The van der Waals surface area contributed by atoms with Gasteiger partial charge in [-0.05, 0) is 42.5 Å². The van der Waals surface area contributed by atoms with Crippen LogP contribution in [0.5, 0.6) is 5.75 Å². The van der Waals surface area contributed by atoms with Gasteiger partial charge in [-0.1, -0.05) is 25.5 Å². The van der Waals surface area contributed by atoms with Crippen LogP contribution in [0, 0.1) is 0 Å². The Balaban J connectivity index is 2.01. The molecule has 0 saturated heterocycles. The lowest BCUT2D eigenvalue weighted by Gasteiger charge is -2.23. The number of nitrogens with two attached hydrogens (primary N) is 1. The molecule has 0 spiro atoms. The number of benzene rings is 1. The molecule has 0 saturated carbocycles. The number of unbranched alkanes of at least 4 members (excludes halogenated alkanes) is 1. The minimum absolute atomic E-state index is 0.0139. The van der Waals surface area contributed by atoms with Crippen molar-refractivity contribution in [1.29, 1.82) is 0 Å². The largest absolute Gasteiger partial charge is 0.501 e. The van der Waals surface area contributed by atoms with Crippen LogP contribution in [-0.2, 0) is 4.74 Å². The highest BCUT2D eigenvalue weighted by molar-refractivity contribution is 5.33. The second kappa shape index (κ2) is 7.92. The fourth-order valence-electron chi connectivity index (χ4n) is 2.31. The molecule has 1 heterocycles. The number of hydrogen-bond acceptors (Lipinski definition) is 4. The van der Waals surface area contributed by atoms with Gasteiger partial charge in [0, 0.05) is 0 Å². The zero-order chi connectivity index (χ0) is 14.2.